The van der Waals surface area contributed by atoms with Gasteiger partial charge in [-0.25, -0.2) is 0 Å². The maximum Gasteiger partial charge on any atom is 0.313 e. The van der Waals surface area contributed by atoms with Crippen LogP contribution in [0, 0.1) is 0 Å². The Morgan fingerprint density at radius 3 is 2.56 bits per heavy atom. The summed E-state index contributed by atoms with van der Waals surface area (Å²) in [4.78, 5) is 10.3. The lowest BCUT2D eigenvalue weighted by Crippen LogP contribution is -1.98. The number of carbonyl (C=O) groups is 1. The fraction of sp³-hybridized carbons (Fsp3) is 0.364. The Labute approximate surface area is 98.6 Å². The first kappa shape index (κ1) is 12.7. The molecule has 88 valence electrons. The predicted molar refractivity (Wildman–Crippen MR) is 63.3 cm³/mol. The van der Waals surface area contributed by atoms with Crippen LogP contribution >= 0.6 is 11.8 Å². The molecule has 0 heterocycles. The SMILES string of the molecule is COc1ccc(CSCC(=O)O)cc1OC. The highest BCUT2D eigenvalue weighted by molar-refractivity contribution is 7.99. The third-order valence-corrected chi connectivity index (χ3v) is 2.93. The molecule has 4 nitrogen and oxygen atoms in total. The Bertz CT molecular complexity index is 365. The molecule has 0 saturated heterocycles. The average molecular weight is 242 g/mol. The predicted octanol–water partition coefficient (Wildman–Crippen LogP) is 2.02. The molecule has 0 saturated carbocycles. The van der Waals surface area contributed by atoms with E-state index in [1.807, 2.05) is 18.2 Å². The van der Waals surface area contributed by atoms with Crippen LogP contribution in [0.4, 0.5) is 0 Å². The fourth-order valence-electron chi connectivity index (χ4n) is 1.23. The van der Waals surface area contributed by atoms with Gasteiger partial charge in [-0.3, -0.25) is 4.79 Å². The summed E-state index contributed by atoms with van der Waals surface area (Å²) in [5.74, 6) is 1.29. The van der Waals surface area contributed by atoms with E-state index in [2.05, 4.69) is 0 Å². The summed E-state index contributed by atoms with van der Waals surface area (Å²) < 4.78 is 10.3. The van der Waals surface area contributed by atoms with Gasteiger partial charge >= 0.3 is 5.97 Å². The van der Waals surface area contributed by atoms with Crippen molar-refractivity contribution in [3.05, 3.63) is 23.8 Å². The number of methoxy groups -OCH3 is 2. The minimum absolute atomic E-state index is 0.106. The third kappa shape index (κ3) is 3.66. The van der Waals surface area contributed by atoms with Crippen molar-refractivity contribution in [3.63, 3.8) is 0 Å². The van der Waals surface area contributed by atoms with Gasteiger partial charge in [0, 0.05) is 5.75 Å². The molecule has 0 fully saturated rings. The largest absolute Gasteiger partial charge is 0.493 e. The number of aliphatic carboxylic acids is 1. The van der Waals surface area contributed by atoms with Crippen LogP contribution in [0.25, 0.3) is 0 Å². The second kappa shape index (κ2) is 6.27. The highest BCUT2D eigenvalue weighted by atomic mass is 32.2. The summed E-state index contributed by atoms with van der Waals surface area (Å²) in [6.45, 7) is 0. The summed E-state index contributed by atoms with van der Waals surface area (Å²) in [5.41, 5.74) is 1.02. The zero-order chi connectivity index (χ0) is 12.0. The van der Waals surface area contributed by atoms with Gasteiger partial charge in [-0.2, -0.15) is 0 Å². The molecule has 5 heteroatoms. The molecular weight excluding hydrogens is 228 g/mol. The highest BCUT2D eigenvalue weighted by Crippen LogP contribution is 2.28. The molecule has 1 aromatic carbocycles. The highest BCUT2D eigenvalue weighted by Gasteiger charge is 2.05. The minimum Gasteiger partial charge on any atom is -0.493 e. The van der Waals surface area contributed by atoms with Crippen molar-refractivity contribution in [2.45, 2.75) is 5.75 Å². The monoisotopic (exact) mass is 242 g/mol. The molecule has 0 atom stereocenters. The second-order valence-corrected chi connectivity index (χ2v) is 4.06. The normalized spacial score (nSPS) is 9.88. The summed E-state index contributed by atoms with van der Waals surface area (Å²) in [5, 5.41) is 8.51. The zero-order valence-electron chi connectivity index (χ0n) is 9.23. The van der Waals surface area contributed by atoms with Gasteiger partial charge in [0.2, 0.25) is 0 Å². The third-order valence-electron chi connectivity index (χ3n) is 1.94. The molecule has 1 N–H and O–H groups in total. The van der Waals surface area contributed by atoms with E-state index in [4.69, 9.17) is 14.6 Å². The molecule has 0 amide bonds. The van der Waals surface area contributed by atoms with Crippen LogP contribution < -0.4 is 9.47 Å². The first-order valence-corrected chi connectivity index (χ1v) is 5.83. The number of hydrogen-bond donors (Lipinski definition) is 1. The average Bonchev–Trinajstić information content (AvgIpc) is 2.28. The number of carboxylic acids is 1. The summed E-state index contributed by atoms with van der Waals surface area (Å²) in [7, 11) is 3.16. The first-order valence-electron chi connectivity index (χ1n) is 4.67. The van der Waals surface area contributed by atoms with Gasteiger partial charge < -0.3 is 14.6 Å². The Balaban J connectivity index is 2.64. The van der Waals surface area contributed by atoms with E-state index in [-0.39, 0.29) is 5.75 Å². The Morgan fingerprint density at radius 2 is 2.00 bits per heavy atom. The van der Waals surface area contributed by atoms with Crippen molar-refractivity contribution in [2.75, 3.05) is 20.0 Å². The van der Waals surface area contributed by atoms with Crippen molar-refractivity contribution in [1.29, 1.82) is 0 Å². The Kier molecular flexibility index (Phi) is 4.98. The minimum atomic E-state index is -0.800. The van der Waals surface area contributed by atoms with E-state index in [1.54, 1.807) is 14.2 Å². The van der Waals surface area contributed by atoms with Gasteiger partial charge in [-0.15, -0.1) is 11.8 Å². The molecule has 0 aliphatic heterocycles. The molecule has 0 bridgehead atoms. The molecule has 16 heavy (non-hydrogen) atoms. The van der Waals surface area contributed by atoms with E-state index in [9.17, 15) is 4.79 Å². The van der Waals surface area contributed by atoms with E-state index in [0.29, 0.717) is 17.3 Å². The zero-order valence-corrected chi connectivity index (χ0v) is 10.0. The lowest BCUT2D eigenvalue weighted by Gasteiger charge is -2.08. The van der Waals surface area contributed by atoms with Gasteiger partial charge in [0.05, 0.1) is 20.0 Å². The molecule has 1 rings (SSSR count). The van der Waals surface area contributed by atoms with Gasteiger partial charge in [-0.05, 0) is 17.7 Å². The standard InChI is InChI=1S/C11H14O4S/c1-14-9-4-3-8(5-10(9)15-2)6-16-7-11(12)13/h3-5H,6-7H2,1-2H3,(H,12,13). The van der Waals surface area contributed by atoms with E-state index in [0.717, 1.165) is 5.56 Å². The van der Waals surface area contributed by atoms with Crippen LogP contribution in [-0.4, -0.2) is 31.0 Å². The van der Waals surface area contributed by atoms with Crippen LogP contribution in [0.15, 0.2) is 18.2 Å². The van der Waals surface area contributed by atoms with Crippen LogP contribution in [0.5, 0.6) is 11.5 Å². The van der Waals surface area contributed by atoms with Crippen molar-refractivity contribution < 1.29 is 19.4 Å². The number of carboxylic acid groups (broad SMARTS) is 1. The van der Waals surface area contributed by atoms with Crippen LogP contribution in [-0.2, 0) is 10.5 Å². The van der Waals surface area contributed by atoms with Gasteiger partial charge in [0.25, 0.3) is 0 Å². The molecule has 0 spiro atoms. The molecule has 0 aliphatic carbocycles. The van der Waals surface area contributed by atoms with Crippen molar-refractivity contribution in [3.8, 4) is 11.5 Å². The summed E-state index contributed by atoms with van der Waals surface area (Å²) in [6, 6.07) is 5.57. The van der Waals surface area contributed by atoms with Gasteiger partial charge in [0.1, 0.15) is 0 Å². The summed E-state index contributed by atoms with van der Waals surface area (Å²) in [6.07, 6.45) is 0. The molecule has 0 aromatic heterocycles. The second-order valence-electron chi connectivity index (χ2n) is 3.08. The molecule has 0 unspecified atom stereocenters. The number of thioether (sulfide) groups is 1. The maximum absolute atomic E-state index is 10.3. The molecular formula is C11H14O4S. The molecule has 0 radical (unpaired) electrons. The number of rotatable bonds is 6. The van der Waals surface area contributed by atoms with E-state index in [1.165, 1.54) is 11.8 Å². The Hall–Kier alpha value is -1.36. The quantitative estimate of drug-likeness (QED) is 0.827. The smallest absolute Gasteiger partial charge is 0.313 e. The van der Waals surface area contributed by atoms with Gasteiger partial charge in [0.15, 0.2) is 11.5 Å². The number of hydrogen-bond acceptors (Lipinski definition) is 4. The van der Waals surface area contributed by atoms with E-state index >= 15 is 0 Å². The fourth-order valence-corrected chi connectivity index (χ4v) is 1.92. The lowest BCUT2D eigenvalue weighted by molar-refractivity contribution is -0.133. The van der Waals surface area contributed by atoms with Crippen LogP contribution in [0.2, 0.25) is 0 Å². The molecule has 0 aliphatic rings. The maximum atomic E-state index is 10.3. The van der Waals surface area contributed by atoms with E-state index < -0.39 is 5.97 Å². The lowest BCUT2D eigenvalue weighted by atomic mass is 10.2. The topological polar surface area (TPSA) is 55.8 Å². The van der Waals surface area contributed by atoms with Crippen molar-refractivity contribution >= 4 is 17.7 Å². The summed E-state index contributed by atoms with van der Waals surface area (Å²) >= 11 is 1.35. The Morgan fingerprint density at radius 1 is 1.31 bits per heavy atom. The number of benzene rings is 1. The first-order chi connectivity index (χ1) is 7.67. The van der Waals surface area contributed by atoms with Crippen LogP contribution in [0.1, 0.15) is 5.56 Å². The number of ether oxygens (including phenoxy) is 2. The van der Waals surface area contributed by atoms with Crippen LogP contribution in [0.3, 0.4) is 0 Å². The van der Waals surface area contributed by atoms with Crippen molar-refractivity contribution in [1.82, 2.24) is 0 Å². The van der Waals surface area contributed by atoms with Gasteiger partial charge in [-0.1, -0.05) is 6.07 Å². The molecule has 1 aromatic rings. The van der Waals surface area contributed by atoms with Crippen molar-refractivity contribution in [2.24, 2.45) is 0 Å².